The molecule has 32 heavy (non-hydrogen) atoms. The summed E-state index contributed by atoms with van der Waals surface area (Å²) in [7, 11) is -6.23. The number of rotatable bonds is 0. The molecule has 0 aliphatic carbocycles. The van der Waals surface area contributed by atoms with Crippen molar-refractivity contribution in [1.29, 1.82) is 0 Å². The van der Waals surface area contributed by atoms with Gasteiger partial charge in [-0.25, -0.2) is 9.34 Å². The molecule has 0 fully saturated rings. The number of hydrogen-bond acceptors (Lipinski definition) is 8. The van der Waals surface area contributed by atoms with Gasteiger partial charge in [-0.2, -0.15) is 13.5 Å². The molecule has 4 aliphatic rings. The van der Waals surface area contributed by atoms with Crippen molar-refractivity contribution < 1.29 is 9.05 Å². The molecule has 4 heterocycles. The minimum Gasteiger partial charge on any atom is -0.430 e. The molecule has 2 spiro atoms. The Bertz CT molecular complexity index is 1310. The van der Waals surface area contributed by atoms with Crippen LogP contribution in [0.5, 0.6) is 11.5 Å². The Kier molecular flexibility index (Phi) is 5.46. The molecule has 0 radical (unpaired) electrons. The van der Waals surface area contributed by atoms with Crippen LogP contribution in [-0.4, -0.2) is 22.4 Å². The van der Waals surface area contributed by atoms with Crippen molar-refractivity contribution in [2.24, 2.45) is 18.1 Å². The number of fused-ring (bicyclic) bond motifs is 2. The summed E-state index contributed by atoms with van der Waals surface area (Å²) in [6, 6.07) is 15.6. The van der Waals surface area contributed by atoms with E-state index >= 15 is 0 Å². The second-order valence-electron chi connectivity index (χ2n) is 7.47. The second kappa shape index (κ2) is 7.77. The lowest BCUT2D eigenvalue weighted by molar-refractivity contribution is 0.314. The molecule has 2 aromatic carbocycles. The van der Waals surface area contributed by atoms with Crippen LogP contribution in [0.1, 0.15) is 11.1 Å². The molecule has 0 N–H and O–H groups in total. The first-order chi connectivity index (χ1) is 15.2. The van der Waals surface area contributed by atoms with Gasteiger partial charge in [0.25, 0.3) is 11.8 Å². The van der Waals surface area contributed by atoms with Crippen LogP contribution in [0.4, 0.5) is 0 Å². The second-order valence-corrected chi connectivity index (χ2v) is 22.4. The van der Waals surface area contributed by atoms with Gasteiger partial charge >= 0.3 is 15.2 Å². The molecule has 2 bridgehead atoms. The zero-order valence-electron chi connectivity index (χ0n) is 16.2. The van der Waals surface area contributed by atoms with Crippen LogP contribution in [0.25, 0.3) is 0 Å². The lowest BCUT2D eigenvalue weighted by atomic mass is 10.2. The van der Waals surface area contributed by atoms with Crippen molar-refractivity contribution in [3.05, 3.63) is 59.7 Å². The summed E-state index contributed by atoms with van der Waals surface area (Å²) < 4.78 is 36.4. The summed E-state index contributed by atoms with van der Waals surface area (Å²) in [6.45, 7) is 2.41. The molecule has 2 aromatic rings. The number of halogens is 4. The van der Waals surface area contributed by atoms with Gasteiger partial charge in [0.2, 0.25) is 0 Å². The summed E-state index contributed by atoms with van der Waals surface area (Å²) in [5.74, 6) is -5.25. The lowest BCUT2D eigenvalue weighted by Crippen LogP contribution is -2.32. The van der Waals surface area contributed by atoms with Gasteiger partial charge in [0, 0.05) is 37.3 Å². The van der Waals surface area contributed by atoms with E-state index in [0.717, 1.165) is 11.1 Å². The van der Waals surface area contributed by atoms with Crippen LogP contribution in [0.15, 0.2) is 66.6 Å². The predicted molar refractivity (Wildman–Crippen MR) is 136 cm³/mol. The van der Waals surface area contributed by atoms with E-state index in [0.29, 0.717) is 37.7 Å². The van der Waals surface area contributed by atoms with Crippen LogP contribution in [0.2, 0.25) is 0 Å². The highest BCUT2D eigenvalue weighted by Crippen LogP contribution is 2.86. The molecule has 8 nitrogen and oxygen atoms in total. The van der Waals surface area contributed by atoms with Crippen LogP contribution in [0, 0.1) is 0 Å². The molecular formula is C16H16Cl4N6O2P4. The molecule has 170 valence electrons. The largest absolute Gasteiger partial charge is 0.430 e. The van der Waals surface area contributed by atoms with E-state index in [2.05, 4.69) is 13.9 Å². The van der Waals surface area contributed by atoms with Gasteiger partial charge in [0.1, 0.15) is 11.5 Å². The molecule has 0 saturated carbocycles. The Morgan fingerprint density at radius 3 is 1.66 bits per heavy atom. The van der Waals surface area contributed by atoms with Crippen LogP contribution in [0.3, 0.4) is 0 Å². The fourth-order valence-electron chi connectivity index (χ4n) is 3.99. The average molecular weight is 590 g/mol. The molecule has 6 rings (SSSR count). The predicted octanol–water partition coefficient (Wildman–Crippen LogP) is 9.54. The number of nitrogens with zero attached hydrogens (tertiary/aromatic N) is 6. The number of hydrogen-bond donors (Lipinski definition) is 0. The Hall–Kier alpha value is 0.0400. The fourth-order valence-corrected chi connectivity index (χ4v) is 23.2. The summed E-state index contributed by atoms with van der Waals surface area (Å²) in [5.41, 5.74) is 2.08. The van der Waals surface area contributed by atoms with Gasteiger partial charge in [-0.15, -0.1) is 4.52 Å². The van der Waals surface area contributed by atoms with Crippen LogP contribution < -0.4 is 9.05 Å². The van der Waals surface area contributed by atoms with Crippen LogP contribution >= 0.6 is 71.9 Å². The molecule has 0 aromatic heterocycles. The number of benzene rings is 2. The summed E-state index contributed by atoms with van der Waals surface area (Å²) in [5, 5.41) is 0. The maximum Gasteiger partial charge on any atom is 0.335 e. The maximum atomic E-state index is 6.59. The van der Waals surface area contributed by atoms with Crippen molar-refractivity contribution >= 4 is 71.9 Å². The smallest absolute Gasteiger partial charge is 0.335 e. The summed E-state index contributed by atoms with van der Waals surface area (Å²) in [6.07, 6.45) is 0. The Morgan fingerprint density at radius 2 is 1.09 bits per heavy atom. The molecule has 16 heteroatoms. The van der Waals surface area contributed by atoms with E-state index in [1.165, 1.54) is 0 Å². The standard InChI is InChI=1S/C16H16Cl4N6O2P4/c17-29(18)21-30(19,20)23-32-24-31(22-29)25(11-13-5-1-3-7-15(13)27-31)9-10-26(32)12-14-6-2-4-8-16(14)28-32/h1-8H,9-12H2. The number of para-hydroxylation sites is 2. The van der Waals surface area contributed by atoms with Gasteiger partial charge in [-0.1, -0.05) is 36.4 Å². The van der Waals surface area contributed by atoms with E-state index in [4.69, 9.17) is 67.6 Å². The first-order valence-corrected chi connectivity index (χ1v) is 19.7. The average Bonchev–Trinajstić information content (AvgIpc) is 2.81. The van der Waals surface area contributed by atoms with Crippen molar-refractivity contribution in [2.45, 2.75) is 13.1 Å². The van der Waals surface area contributed by atoms with Crippen molar-refractivity contribution in [1.82, 2.24) is 9.34 Å². The van der Waals surface area contributed by atoms with Gasteiger partial charge in [0.05, 0.1) is 0 Å². The van der Waals surface area contributed by atoms with Crippen molar-refractivity contribution in [3.8, 4) is 11.5 Å². The highest BCUT2D eigenvalue weighted by molar-refractivity contribution is 8.19. The summed E-state index contributed by atoms with van der Waals surface area (Å²) >= 11 is 26.4. The molecule has 0 saturated heterocycles. The zero-order chi connectivity index (χ0) is 22.2. The molecule has 2 atom stereocenters. The minimum absolute atomic E-state index is 0.591. The first-order valence-electron chi connectivity index (χ1n) is 9.58. The van der Waals surface area contributed by atoms with E-state index in [1.54, 1.807) is 0 Å². The third-order valence-corrected chi connectivity index (χ3v) is 20.4. The monoisotopic (exact) mass is 588 g/mol. The van der Waals surface area contributed by atoms with Gasteiger partial charge in [-0.3, -0.25) is 0 Å². The van der Waals surface area contributed by atoms with Gasteiger partial charge in [0.15, 0.2) is 0 Å². The van der Waals surface area contributed by atoms with E-state index in [1.807, 2.05) is 48.5 Å². The Labute approximate surface area is 205 Å². The summed E-state index contributed by atoms with van der Waals surface area (Å²) in [4.78, 5) is 0. The maximum absolute atomic E-state index is 6.59. The zero-order valence-corrected chi connectivity index (χ0v) is 22.8. The molecule has 0 amide bonds. The van der Waals surface area contributed by atoms with Crippen molar-refractivity contribution in [3.63, 3.8) is 0 Å². The Balaban J connectivity index is 1.67. The third-order valence-electron chi connectivity index (χ3n) is 5.34. The normalized spacial score (nSPS) is 32.0. The van der Waals surface area contributed by atoms with Gasteiger partial charge < -0.3 is 9.05 Å². The minimum atomic E-state index is -3.32. The quantitative estimate of drug-likeness (QED) is 0.287. The third kappa shape index (κ3) is 3.86. The molecule has 2 unspecified atom stereocenters. The van der Waals surface area contributed by atoms with Crippen LogP contribution in [-0.2, 0) is 13.1 Å². The Morgan fingerprint density at radius 1 is 0.625 bits per heavy atom. The van der Waals surface area contributed by atoms with Gasteiger partial charge in [-0.05, 0) is 57.1 Å². The molecular weight excluding hydrogens is 574 g/mol. The van der Waals surface area contributed by atoms with E-state index < -0.39 is 27.0 Å². The van der Waals surface area contributed by atoms with Crippen molar-refractivity contribution in [2.75, 3.05) is 13.1 Å². The van der Waals surface area contributed by atoms with E-state index in [-0.39, 0.29) is 0 Å². The van der Waals surface area contributed by atoms with E-state index in [9.17, 15) is 0 Å². The lowest BCUT2D eigenvalue weighted by Gasteiger charge is -2.38. The highest BCUT2D eigenvalue weighted by Gasteiger charge is 2.50. The SMILES string of the molecule is ClP1(Cl)=NP(Cl)(Cl)=NP23=NP4(=N1)Oc1ccccc1CN4CCN2Cc1ccccc1O3. The molecule has 4 aliphatic heterocycles. The fraction of sp³-hybridized carbons (Fsp3) is 0.250. The first kappa shape index (κ1) is 22.5. The topological polar surface area (TPSA) is 74.4 Å². The highest BCUT2D eigenvalue weighted by atomic mass is 35.9.